The molecule has 0 aromatic heterocycles. The summed E-state index contributed by atoms with van der Waals surface area (Å²) in [6, 6.07) is 58.3. The molecule has 6 nitrogen and oxygen atoms in total. The summed E-state index contributed by atoms with van der Waals surface area (Å²) in [5.74, 6) is -0.112. The molecule has 6 aromatic carbocycles. The fourth-order valence-corrected chi connectivity index (χ4v) is 7.34. The average Bonchev–Trinajstić information content (AvgIpc) is 3.67. The van der Waals surface area contributed by atoms with Crippen molar-refractivity contribution in [2.75, 3.05) is 9.80 Å². The zero-order valence-electron chi connectivity index (χ0n) is 27.9. The number of hydrogen-bond acceptors (Lipinski definition) is 6. The number of thioether (sulfide) groups is 2. The monoisotopic (exact) mass is 712 g/mol. The zero-order chi connectivity index (χ0) is 35.5. The van der Waals surface area contributed by atoms with Crippen molar-refractivity contribution in [3.8, 4) is 0 Å². The Balaban J connectivity index is 0.000000162. The summed E-state index contributed by atoms with van der Waals surface area (Å²) in [5, 5.41) is 1.32. The maximum Gasteiger partial charge on any atom is 0.271 e. The summed E-state index contributed by atoms with van der Waals surface area (Å²) in [6.45, 7) is 0. The number of nitrogens with zero attached hydrogens (tertiary/aromatic N) is 4. The van der Waals surface area contributed by atoms with Crippen LogP contribution in [0.1, 0.15) is 11.1 Å². The van der Waals surface area contributed by atoms with Gasteiger partial charge in [0.1, 0.15) is 0 Å². The van der Waals surface area contributed by atoms with E-state index in [2.05, 4.69) is 0 Å². The average molecular weight is 713 g/mol. The normalized spacial score (nSPS) is 17.2. The quantitative estimate of drug-likeness (QED) is 0.161. The second kappa shape index (κ2) is 16.7. The van der Waals surface area contributed by atoms with Gasteiger partial charge in [0, 0.05) is 0 Å². The van der Waals surface area contributed by atoms with Gasteiger partial charge in [-0.15, -0.1) is 0 Å². The van der Waals surface area contributed by atoms with Gasteiger partial charge in [0.05, 0.1) is 32.6 Å². The van der Waals surface area contributed by atoms with Gasteiger partial charge in [-0.05, 0) is 95.3 Å². The molecule has 2 heterocycles. The predicted molar refractivity (Wildman–Crippen MR) is 219 cm³/mol. The van der Waals surface area contributed by atoms with Crippen molar-refractivity contribution in [2.45, 2.75) is 0 Å². The number of rotatable bonds is 6. The van der Waals surface area contributed by atoms with Gasteiger partial charge in [-0.25, -0.2) is 9.98 Å². The minimum absolute atomic E-state index is 0.0558. The number of carbonyl (C=O) groups excluding carboxylic acids is 2. The SMILES string of the molecule is O=C1/C(=C/c2ccccc2)SC(=Nc2ccccc2)N1c1ccccc1.O=C1/C(=C/c2ccccc2)SC(=Nc2ccccc2)N1c1ccccc1. The van der Waals surface area contributed by atoms with E-state index in [4.69, 9.17) is 9.98 Å². The highest BCUT2D eigenvalue weighted by molar-refractivity contribution is 8.19. The van der Waals surface area contributed by atoms with Crippen LogP contribution >= 0.6 is 23.5 Å². The molecule has 8 rings (SSSR count). The van der Waals surface area contributed by atoms with E-state index < -0.39 is 0 Å². The van der Waals surface area contributed by atoms with Gasteiger partial charge < -0.3 is 0 Å². The molecular formula is C44H32N4O2S2. The maximum absolute atomic E-state index is 13.1. The highest BCUT2D eigenvalue weighted by Gasteiger charge is 2.35. The Morgan fingerprint density at radius 2 is 0.673 bits per heavy atom. The summed E-state index contributed by atoms with van der Waals surface area (Å²) in [6.07, 6.45) is 3.83. The lowest BCUT2D eigenvalue weighted by Crippen LogP contribution is -2.28. The maximum atomic E-state index is 13.1. The van der Waals surface area contributed by atoms with Gasteiger partial charge in [0.2, 0.25) is 0 Å². The molecular weight excluding hydrogens is 681 g/mol. The van der Waals surface area contributed by atoms with Crippen molar-refractivity contribution in [1.82, 2.24) is 0 Å². The van der Waals surface area contributed by atoms with E-state index in [9.17, 15) is 9.59 Å². The van der Waals surface area contributed by atoms with Gasteiger partial charge in [0.15, 0.2) is 10.3 Å². The first-order valence-electron chi connectivity index (χ1n) is 16.6. The van der Waals surface area contributed by atoms with Crippen LogP contribution < -0.4 is 9.80 Å². The number of para-hydroxylation sites is 4. The van der Waals surface area contributed by atoms with E-state index in [0.717, 1.165) is 33.9 Å². The lowest BCUT2D eigenvalue weighted by Gasteiger charge is -2.15. The summed E-state index contributed by atoms with van der Waals surface area (Å²) in [4.78, 5) is 40.2. The van der Waals surface area contributed by atoms with Crippen molar-refractivity contribution in [2.24, 2.45) is 9.98 Å². The number of carbonyl (C=O) groups is 2. The van der Waals surface area contributed by atoms with Crippen LogP contribution in [0.5, 0.6) is 0 Å². The van der Waals surface area contributed by atoms with Crippen molar-refractivity contribution in [3.05, 3.63) is 203 Å². The molecule has 2 saturated heterocycles. The van der Waals surface area contributed by atoms with E-state index in [1.807, 2.05) is 194 Å². The van der Waals surface area contributed by atoms with Crippen LogP contribution in [0.4, 0.5) is 22.7 Å². The van der Waals surface area contributed by atoms with Crippen molar-refractivity contribution >= 4 is 80.6 Å². The second-order valence-electron chi connectivity index (χ2n) is 11.5. The predicted octanol–water partition coefficient (Wildman–Crippen LogP) is 11.0. The van der Waals surface area contributed by atoms with Crippen molar-refractivity contribution in [3.63, 3.8) is 0 Å². The molecule has 252 valence electrons. The Hall–Kier alpha value is -6.22. The van der Waals surface area contributed by atoms with E-state index in [0.29, 0.717) is 20.1 Å². The molecule has 8 heteroatoms. The largest absolute Gasteiger partial charge is 0.271 e. The minimum Gasteiger partial charge on any atom is -0.268 e. The van der Waals surface area contributed by atoms with Crippen LogP contribution in [-0.4, -0.2) is 22.1 Å². The van der Waals surface area contributed by atoms with Crippen LogP contribution in [0.3, 0.4) is 0 Å². The number of benzene rings is 6. The van der Waals surface area contributed by atoms with E-state index in [-0.39, 0.29) is 11.8 Å². The molecule has 2 fully saturated rings. The molecule has 0 N–H and O–H groups in total. The molecule has 0 spiro atoms. The highest BCUT2D eigenvalue weighted by atomic mass is 32.2. The van der Waals surface area contributed by atoms with Crippen LogP contribution in [0.25, 0.3) is 12.2 Å². The van der Waals surface area contributed by atoms with Gasteiger partial charge in [-0.3, -0.25) is 19.4 Å². The molecule has 0 radical (unpaired) electrons. The number of amidine groups is 2. The molecule has 2 amide bonds. The topological polar surface area (TPSA) is 65.3 Å². The Bertz CT molecular complexity index is 2100. The summed E-state index contributed by atoms with van der Waals surface area (Å²) < 4.78 is 0. The first kappa shape index (κ1) is 34.2. The Labute approximate surface area is 311 Å². The van der Waals surface area contributed by atoms with Crippen LogP contribution in [0.2, 0.25) is 0 Å². The number of amides is 2. The molecule has 2 aliphatic rings. The Morgan fingerprint density at radius 1 is 0.385 bits per heavy atom. The Morgan fingerprint density at radius 3 is 1.00 bits per heavy atom. The third kappa shape index (κ3) is 8.38. The van der Waals surface area contributed by atoms with Crippen LogP contribution in [0, 0.1) is 0 Å². The fourth-order valence-electron chi connectivity index (χ4n) is 5.33. The van der Waals surface area contributed by atoms with Crippen molar-refractivity contribution < 1.29 is 9.59 Å². The van der Waals surface area contributed by atoms with E-state index in [1.54, 1.807) is 9.80 Å². The van der Waals surface area contributed by atoms with Gasteiger partial charge in [-0.1, -0.05) is 133 Å². The molecule has 52 heavy (non-hydrogen) atoms. The second-order valence-corrected chi connectivity index (χ2v) is 13.5. The highest BCUT2D eigenvalue weighted by Crippen LogP contribution is 2.38. The smallest absolute Gasteiger partial charge is 0.268 e. The van der Waals surface area contributed by atoms with Crippen molar-refractivity contribution in [1.29, 1.82) is 0 Å². The van der Waals surface area contributed by atoms with Gasteiger partial charge in [0.25, 0.3) is 11.8 Å². The summed E-state index contributed by atoms with van der Waals surface area (Å²) >= 11 is 2.80. The minimum atomic E-state index is -0.0558. The molecule has 6 aromatic rings. The molecule has 2 aliphatic heterocycles. The molecule has 0 unspecified atom stereocenters. The lowest BCUT2D eigenvalue weighted by atomic mass is 10.2. The third-order valence-electron chi connectivity index (χ3n) is 7.80. The standard InChI is InChI=1S/2C22H16N2OS/c2*25-21-20(16-17-10-4-1-5-11-17)26-22(23-18-12-6-2-7-13-18)24(21)19-14-8-3-9-15-19/h2*1-16H/b2*20-16-,23-22?. The van der Waals surface area contributed by atoms with E-state index in [1.165, 1.54) is 23.5 Å². The number of hydrogen-bond donors (Lipinski definition) is 0. The van der Waals surface area contributed by atoms with Gasteiger partial charge in [-0.2, -0.15) is 0 Å². The zero-order valence-corrected chi connectivity index (χ0v) is 29.5. The third-order valence-corrected chi connectivity index (χ3v) is 9.74. The first-order chi connectivity index (χ1) is 25.6. The lowest BCUT2D eigenvalue weighted by molar-refractivity contribution is -0.114. The first-order valence-corrected chi connectivity index (χ1v) is 18.2. The van der Waals surface area contributed by atoms with Crippen LogP contribution in [0.15, 0.2) is 202 Å². The molecule has 0 atom stereocenters. The number of aliphatic imine (C=N–C) groups is 2. The summed E-state index contributed by atoms with van der Waals surface area (Å²) in [7, 11) is 0. The fraction of sp³-hybridized carbons (Fsp3) is 0. The van der Waals surface area contributed by atoms with E-state index >= 15 is 0 Å². The van der Waals surface area contributed by atoms with Crippen LogP contribution in [-0.2, 0) is 9.59 Å². The molecule has 0 bridgehead atoms. The summed E-state index contributed by atoms with van der Waals surface area (Å²) in [5.41, 5.74) is 5.27. The Kier molecular flexibility index (Phi) is 11.0. The molecule has 0 saturated carbocycles. The van der Waals surface area contributed by atoms with Gasteiger partial charge >= 0.3 is 0 Å². The number of anilines is 2. The molecule has 0 aliphatic carbocycles.